The number of aromatic nitrogens is 2. The minimum atomic E-state index is -0.621. The molecule has 0 spiro atoms. The van der Waals surface area contributed by atoms with Crippen molar-refractivity contribution in [1.29, 1.82) is 0 Å². The summed E-state index contributed by atoms with van der Waals surface area (Å²) in [4.78, 5) is 34.1. The van der Waals surface area contributed by atoms with E-state index in [-0.39, 0.29) is 29.6 Å². The number of nitrogens with zero attached hydrogens (tertiary/aromatic N) is 3. The summed E-state index contributed by atoms with van der Waals surface area (Å²) in [5.41, 5.74) is 1.19. The van der Waals surface area contributed by atoms with Gasteiger partial charge in [-0.05, 0) is 56.3 Å². The molecule has 0 fully saturated rings. The molecule has 192 valence electrons. The maximum atomic E-state index is 13.9. The lowest BCUT2D eigenvalue weighted by Crippen LogP contribution is -2.39. The Hall–Kier alpha value is -3.39. The van der Waals surface area contributed by atoms with Crippen LogP contribution < -0.4 is 10.3 Å². The number of halogens is 2. The fourth-order valence-electron chi connectivity index (χ4n) is 4.18. The second-order valence-corrected chi connectivity index (χ2v) is 9.14. The number of ether oxygens (including phenoxy) is 2. The second-order valence-electron chi connectivity index (χ2n) is 8.32. The normalized spacial score (nSPS) is 11.9. The summed E-state index contributed by atoms with van der Waals surface area (Å²) in [6.07, 6.45) is 0. The van der Waals surface area contributed by atoms with E-state index in [0.717, 1.165) is 0 Å². The predicted molar refractivity (Wildman–Crippen MR) is 146 cm³/mol. The van der Waals surface area contributed by atoms with E-state index in [4.69, 9.17) is 37.7 Å². The van der Waals surface area contributed by atoms with Crippen molar-refractivity contribution in [2.75, 3.05) is 26.9 Å². The Morgan fingerprint density at radius 2 is 1.78 bits per heavy atom. The van der Waals surface area contributed by atoms with E-state index in [1.165, 1.54) is 10.6 Å². The van der Waals surface area contributed by atoms with Crippen molar-refractivity contribution >= 4 is 40.0 Å². The third kappa shape index (κ3) is 5.49. The lowest BCUT2D eigenvalue weighted by Gasteiger charge is -2.31. The fraction of sp³-hybridized carbons (Fsp3) is 0.250. The number of benzene rings is 3. The van der Waals surface area contributed by atoms with Crippen LogP contribution in [0.2, 0.25) is 10.0 Å². The van der Waals surface area contributed by atoms with E-state index in [9.17, 15) is 9.59 Å². The average molecular weight is 540 g/mol. The molecule has 0 N–H and O–H groups in total. The van der Waals surface area contributed by atoms with E-state index in [2.05, 4.69) is 0 Å². The highest BCUT2D eigenvalue weighted by Crippen LogP contribution is 2.30. The van der Waals surface area contributed by atoms with Crippen molar-refractivity contribution < 1.29 is 14.3 Å². The molecule has 0 aliphatic rings. The smallest absolute Gasteiger partial charge is 0.266 e. The summed E-state index contributed by atoms with van der Waals surface area (Å²) in [6, 6.07) is 18.5. The molecule has 3 aromatic carbocycles. The van der Waals surface area contributed by atoms with Crippen LogP contribution in [0.5, 0.6) is 5.75 Å². The molecule has 0 saturated carbocycles. The molecular weight excluding hydrogens is 513 g/mol. The van der Waals surface area contributed by atoms with Crippen molar-refractivity contribution in [3.63, 3.8) is 0 Å². The monoisotopic (exact) mass is 539 g/mol. The van der Waals surface area contributed by atoms with Crippen molar-refractivity contribution in [2.45, 2.75) is 19.9 Å². The molecule has 0 aliphatic heterocycles. The van der Waals surface area contributed by atoms with Crippen LogP contribution in [0.3, 0.4) is 0 Å². The summed E-state index contributed by atoms with van der Waals surface area (Å²) >= 11 is 12.3. The average Bonchev–Trinajstić information content (AvgIpc) is 2.91. The molecular formula is C28H27Cl2N3O4. The highest BCUT2D eigenvalue weighted by Gasteiger charge is 2.28. The van der Waals surface area contributed by atoms with Crippen LogP contribution in [0.4, 0.5) is 0 Å². The van der Waals surface area contributed by atoms with Gasteiger partial charge in [0.05, 0.1) is 45.9 Å². The van der Waals surface area contributed by atoms with Gasteiger partial charge in [-0.3, -0.25) is 14.2 Å². The lowest BCUT2D eigenvalue weighted by molar-refractivity contribution is 0.0605. The van der Waals surface area contributed by atoms with Crippen molar-refractivity contribution in [1.82, 2.24) is 14.5 Å². The predicted octanol–water partition coefficient (Wildman–Crippen LogP) is 5.94. The van der Waals surface area contributed by atoms with Crippen LogP contribution >= 0.6 is 23.2 Å². The van der Waals surface area contributed by atoms with Gasteiger partial charge < -0.3 is 14.4 Å². The Balaban J connectivity index is 1.93. The molecule has 4 aromatic rings. The first kappa shape index (κ1) is 26.7. The molecule has 7 nitrogen and oxygen atoms in total. The maximum Gasteiger partial charge on any atom is 0.266 e. The van der Waals surface area contributed by atoms with Crippen LogP contribution in [-0.4, -0.2) is 47.2 Å². The highest BCUT2D eigenvalue weighted by molar-refractivity contribution is 6.42. The molecule has 1 heterocycles. The summed E-state index contributed by atoms with van der Waals surface area (Å²) in [6.45, 7) is 4.68. The molecule has 1 amide bonds. The van der Waals surface area contributed by atoms with Crippen molar-refractivity contribution in [3.05, 3.63) is 98.5 Å². The number of rotatable bonds is 9. The number of carbonyl (C=O) groups is 1. The van der Waals surface area contributed by atoms with E-state index in [1.807, 2.05) is 32.0 Å². The number of para-hydroxylation sites is 3. The number of fused-ring (bicyclic) bond motifs is 1. The Kier molecular flexibility index (Phi) is 8.48. The van der Waals surface area contributed by atoms with Crippen molar-refractivity contribution in [2.24, 2.45) is 0 Å². The molecule has 0 bridgehead atoms. The largest absolute Gasteiger partial charge is 0.492 e. The first-order chi connectivity index (χ1) is 17.9. The van der Waals surface area contributed by atoms with E-state index in [1.54, 1.807) is 54.5 Å². The fourth-order valence-corrected chi connectivity index (χ4v) is 4.48. The highest BCUT2D eigenvalue weighted by atomic mass is 35.5. The van der Waals surface area contributed by atoms with E-state index >= 15 is 0 Å². The van der Waals surface area contributed by atoms with Gasteiger partial charge in [0.25, 0.3) is 11.5 Å². The maximum absolute atomic E-state index is 13.9. The Labute approximate surface area is 225 Å². The number of hydrogen-bond acceptors (Lipinski definition) is 5. The zero-order chi connectivity index (χ0) is 26.5. The molecule has 37 heavy (non-hydrogen) atoms. The van der Waals surface area contributed by atoms with Crippen molar-refractivity contribution in [3.8, 4) is 11.4 Å². The summed E-state index contributed by atoms with van der Waals surface area (Å²) in [7, 11) is 1.56. The first-order valence-corrected chi connectivity index (χ1v) is 12.6. The van der Waals surface area contributed by atoms with Crippen LogP contribution in [0.25, 0.3) is 16.6 Å². The Bertz CT molecular complexity index is 1490. The van der Waals surface area contributed by atoms with Gasteiger partial charge in [-0.15, -0.1) is 0 Å². The summed E-state index contributed by atoms with van der Waals surface area (Å²) in [5.74, 6) is 0.632. The van der Waals surface area contributed by atoms with Gasteiger partial charge in [0, 0.05) is 19.2 Å². The van der Waals surface area contributed by atoms with E-state index in [0.29, 0.717) is 45.4 Å². The van der Waals surface area contributed by atoms with Crippen LogP contribution in [0, 0.1) is 0 Å². The zero-order valence-electron chi connectivity index (χ0n) is 20.8. The standard InChI is InChI=1S/C28H27Cl2N3O4/c1-4-37-25-12-8-7-11-24(25)33-26(31-23-10-6-5-9-20(23)28(33)35)18(2)32(15-16-36-3)27(34)19-13-14-21(29)22(30)17-19/h5-14,17-18H,4,15-16H2,1-3H3. The van der Waals surface area contributed by atoms with Crippen LogP contribution in [-0.2, 0) is 4.74 Å². The minimum absolute atomic E-state index is 0.256. The molecule has 1 aromatic heterocycles. The topological polar surface area (TPSA) is 73.7 Å². The molecule has 1 atom stereocenters. The van der Waals surface area contributed by atoms with Gasteiger partial charge in [0.1, 0.15) is 11.6 Å². The molecule has 0 aliphatic carbocycles. The molecule has 0 radical (unpaired) electrons. The lowest BCUT2D eigenvalue weighted by atomic mass is 10.1. The quantitative estimate of drug-likeness (QED) is 0.263. The van der Waals surface area contributed by atoms with Gasteiger partial charge >= 0.3 is 0 Å². The van der Waals surface area contributed by atoms with Gasteiger partial charge in [-0.25, -0.2) is 4.98 Å². The summed E-state index contributed by atoms with van der Waals surface area (Å²) in [5, 5.41) is 1.09. The molecule has 9 heteroatoms. The molecule has 1 unspecified atom stereocenters. The number of methoxy groups -OCH3 is 1. The molecule has 0 saturated heterocycles. The van der Waals surface area contributed by atoms with Gasteiger partial charge in [-0.2, -0.15) is 0 Å². The van der Waals surface area contributed by atoms with Gasteiger partial charge in [0.15, 0.2) is 0 Å². The van der Waals surface area contributed by atoms with E-state index < -0.39 is 6.04 Å². The van der Waals surface area contributed by atoms with Gasteiger partial charge in [-0.1, -0.05) is 47.5 Å². The van der Waals surface area contributed by atoms with Crippen LogP contribution in [0.1, 0.15) is 36.1 Å². The first-order valence-electron chi connectivity index (χ1n) is 11.9. The zero-order valence-corrected chi connectivity index (χ0v) is 22.3. The Morgan fingerprint density at radius 3 is 2.51 bits per heavy atom. The number of amides is 1. The molecule has 4 rings (SSSR count). The summed E-state index contributed by atoms with van der Waals surface area (Å²) < 4.78 is 12.7. The second kappa shape index (κ2) is 11.8. The number of hydrogen-bond donors (Lipinski definition) is 0. The Morgan fingerprint density at radius 1 is 1.05 bits per heavy atom. The van der Waals surface area contributed by atoms with Crippen LogP contribution in [0.15, 0.2) is 71.5 Å². The SMILES string of the molecule is CCOc1ccccc1-n1c(C(C)N(CCOC)C(=O)c2ccc(Cl)c(Cl)c2)nc2ccccc2c1=O. The minimum Gasteiger partial charge on any atom is -0.492 e. The third-order valence-electron chi connectivity index (χ3n) is 6.01. The third-order valence-corrected chi connectivity index (χ3v) is 6.75. The number of carbonyl (C=O) groups excluding carboxylic acids is 1. The van der Waals surface area contributed by atoms with Gasteiger partial charge in [0.2, 0.25) is 0 Å².